The van der Waals surface area contributed by atoms with Crippen molar-refractivity contribution in [2.75, 3.05) is 19.6 Å². The topological polar surface area (TPSA) is 3.24 Å². The Morgan fingerprint density at radius 1 is 1.00 bits per heavy atom. The van der Waals surface area contributed by atoms with E-state index in [-0.39, 0.29) is 24.0 Å². The minimum atomic E-state index is 0. The summed E-state index contributed by atoms with van der Waals surface area (Å²) in [6.07, 6.45) is 3.95. The Hall–Kier alpha value is 1.04. The Morgan fingerprint density at radius 3 is 1.60 bits per heavy atom. The smallest absolute Gasteiger partial charge is 0.0166 e. The summed E-state index contributed by atoms with van der Waals surface area (Å²) >= 11 is 4.66. The predicted octanol–water partition coefficient (Wildman–Crippen LogP) is 1.77. The van der Waals surface area contributed by atoms with Gasteiger partial charge in [0.2, 0.25) is 0 Å². The lowest BCUT2D eigenvalue weighted by Crippen LogP contribution is -2.49. The van der Waals surface area contributed by atoms with Crippen LogP contribution in [0, 0.1) is 0 Å². The van der Waals surface area contributed by atoms with E-state index in [1.165, 1.54) is 38.9 Å². The van der Waals surface area contributed by atoms with E-state index in [9.17, 15) is 0 Å². The summed E-state index contributed by atoms with van der Waals surface area (Å²) in [5.74, 6) is 0. The van der Waals surface area contributed by atoms with Crippen molar-refractivity contribution in [3.8, 4) is 0 Å². The van der Waals surface area contributed by atoms with Gasteiger partial charge in [-0.15, -0.1) is 24.0 Å². The summed E-state index contributed by atoms with van der Waals surface area (Å²) in [4.78, 5) is 2.54. The first-order valence-electron chi connectivity index (χ1n) is 3.73. The zero-order valence-electron chi connectivity index (χ0n) is 6.05. The van der Waals surface area contributed by atoms with E-state index < -0.39 is 0 Å². The van der Waals surface area contributed by atoms with Crippen LogP contribution in [0.3, 0.4) is 0 Å². The van der Waals surface area contributed by atoms with Crippen LogP contribution in [0.2, 0.25) is 0 Å². The van der Waals surface area contributed by atoms with Gasteiger partial charge in [-0.2, -0.15) is 12.6 Å². The second-order valence-electron chi connectivity index (χ2n) is 3.32. The normalized spacial score (nSPS) is 44.7. The molecule has 60 valence electrons. The lowest BCUT2D eigenvalue weighted by atomic mass is 9.87. The second kappa shape index (κ2) is 3.19. The fraction of sp³-hybridized carbons (Fsp3) is 1.00. The van der Waals surface area contributed by atoms with Gasteiger partial charge >= 0.3 is 0 Å². The Balaban J connectivity index is 0.000000500. The second-order valence-corrected chi connectivity index (χ2v) is 4.26. The summed E-state index contributed by atoms with van der Waals surface area (Å²) in [5.41, 5.74) is 0. The van der Waals surface area contributed by atoms with Gasteiger partial charge in [-0.05, 0) is 38.9 Å². The monoisotopic (exact) mass is 271 g/mol. The van der Waals surface area contributed by atoms with E-state index in [1.807, 2.05) is 0 Å². The average molecular weight is 271 g/mol. The number of nitrogens with zero attached hydrogens (tertiary/aromatic N) is 1. The molecule has 1 nitrogen and oxygen atoms in total. The van der Waals surface area contributed by atoms with Gasteiger partial charge in [0.25, 0.3) is 0 Å². The molecule has 0 aromatic carbocycles. The van der Waals surface area contributed by atoms with E-state index in [0.29, 0.717) is 4.75 Å². The molecule has 0 aliphatic carbocycles. The van der Waals surface area contributed by atoms with Crippen LogP contribution in [-0.2, 0) is 0 Å². The molecule has 2 bridgehead atoms. The number of hydrogen-bond donors (Lipinski definition) is 1. The molecule has 0 radical (unpaired) electrons. The molecule has 0 aromatic heterocycles. The van der Waals surface area contributed by atoms with E-state index in [0.717, 1.165) is 0 Å². The van der Waals surface area contributed by atoms with Gasteiger partial charge in [0.15, 0.2) is 0 Å². The summed E-state index contributed by atoms with van der Waals surface area (Å²) < 4.78 is 0.439. The van der Waals surface area contributed by atoms with Crippen LogP contribution in [0.4, 0.5) is 0 Å². The van der Waals surface area contributed by atoms with Crippen molar-refractivity contribution in [2.24, 2.45) is 0 Å². The molecule has 0 amide bonds. The minimum absolute atomic E-state index is 0. The highest BCUT2D eigenvalue weighted by Crippen LogP contribution is 2.36. The first kappa shape index (κ1) is 9.13. The summed E-state index contributed by atoms with van der Waals surface area (Å²) in [5, 5.41) is 0. The van der Waals surface area contributed by atoms with Crippen molar-refractivity contribution < 1.29 is 0 Å². The van der Waals surface area contributed by atoms with Gasteiger partial charge in [-0.25, -0.2) is 0 Å². The number of halogens is 1. The summed E-state index contributed by atoms with van der Waals surface area (Å²) in [6, 6.07) is 0. The van der Waals surface area contributed by atoms with Gasteiger partial charge < -0.3 is 4.90 Å². The quantitative estimate of drug-likeness (QED) is 0.519. The zero-order valence-corrected chi connectivity index (χ0v) is 9.27. The number of rotatable bonds is 0. The lowest BCUT2D eigenvalue weighted by Gasteiger charge is -2.45. The van der Waals surface area contributed by atoms with E-state index >= 15 is 0 Å². The Bertz CT molecular complexity index is 107. The third kappa shape index (κ3) is 1.61. The van der Waals surface area contributed by atoms with Gasteiger partial charge in [-0.3, -0.25) is 0 Å². The molecule has 10 heavy (non-hydrogen) atoms. The molecule has 3 saturated heterocycles. The van der Waals surface area contributed by atoms with Crippen LogP contribution in [0.15, 0.2) is 0 Å². The highest BCUT2D eigenvalue weighted by molar-refractivity contribution is 14.0. The van der Waals surface area contributed by atoms with Crippen LogP contribution in [0.1, 0.15) is 19.3 Å². The van der Waals surface area contributed by atoms with E-state index in [1.54, 1.807) is 0 Å². The Morgan fingerprint density at radius 2 is 1.40 bits per heavy atom. The molecule has 0 aromatic rings. The molecule has 0 N–H and O–H groups in total. The van der Waals surface area contributed by atoms with Gasteiger partial charge in [0.05, 0.1) is 0 Å². The van der Waals surface area contributed by atoms with Crippen molar-refractivity contribution in [1.82, 2.24) is 4.90 Å². The molecule has 3 aliphatic heterocycles. The van der Waals surface area contributed by atoms with E-state index in [2.05, 4.69) is 17.5 Å². The molecule has 3 heterocycles. The predicted molar refractivity (Wildman–Crippen MR) is 57.4 cm³/mol. The van der Waals surface area contributed by atoms with Crippen molar-refractivity contribution in [3.05, 3.63) is 0 Å². The molecule has 3 heteroatoms. The molecule has 0 unspecified atom stereocenters. The number of hydrogen-bond acceptors (Lipinski definition) is 2. The first-order chi connectivity index (χ1) is 4.29. The zero-order chi connectivity index (χ0) is 6.32. The maximum atomic E-state index is 4.66. The molecule has 3 aliphatic rings. The molecule has 0 saturated carbocycles. The maximum absolute atomic E-state index is 4.66. The van der Waals surface area contributed by atoms with Crippen LogP contribution < -0.4 is 0 Å². The van der Waals surface area contributed by atoms with Gasteiger partial charge in [0.1, 0.15) is 0 Å². The maximum Gasteiger partial charge on any atom is 0.0166 e. The molecule has 0 atom stereocenters. The van der Waals surface area contributed by atoms with Crippen molar-refractivity contribution in [2.45, 2.75) is 24.0 Å². The minimum Gasteiger partial charge on any atom is -0.303 e. The van der Waals surface area contributed by atoms with Crippen LogP contribution >= 0.6 is 36.6 Å². The lowest BCUT2D eigenvalue weighted by molar-refractivity contribution is 0.132. The third-order valence-electron chi connectivity index (χ3n) is 2.68. The Kier molecular flexibility index (Phi) is 2.91. The Labute approximate surface area is 85.0 Å². The standard InChI is InChI=1S/C7H13NS.HI/c9-7-1-4-8(5-2-7)6-3-7;/h9H,1-6H2;1H. The molecular formula is C7H14INS. The molecular weight excluding hydrogens is 257 g/mol. The molecule has 3 rings (SSSR count). The number of piperidine rings is 3. The van der Waals surface area contributed by atoms with Crippen molar-refractivity contribution in [3.63, 3.8) is 0 Å². The van der Waals surface area contributed by atoms with Gasteiger partial charge in [-0.1, -0.05) is 0 Å². The largest absolute Gasteiger partial charge is 0.303 e. The van der Waals surface area contributed by atoms with Crippen LogP contribution in [0.5, 0.6) is 0 Å². The van der Waals surface area contributed by atoms with Crippen molar-refractivity contribution >= 4 is 36.6 Å². The SMILES string of the molecule is I.SC12CCN(CC1)CC2. The molecule has 3 fully saturated rings. The van der Waals surface area contributed by atoms with Crippen LogP contribution in [0.25, 0.3) is 0 Å². The fourth-order valence-electron chi connectivity index (χ4n) is 1.81. The van der Waals surface area contributed by atoms with Crippen LogP contribution in [-0.4, -0.2) is 29.3 Å². The number of fused-ring (bicyclic) bond motifs is 3. The van der Waals surface area contributed by atoms with Crippen molar-refractivity contribution in [1.29, 1.82) is 0 Å². The third-order valence-corrected chi connectivity index (χ3v) is 3.35. The summed E-state index contributed by atoms with van der Waals surface area (Å²) in [7, 11) is 0. The highest BCUT2D eigenvalue weighted by Gasteiger charge is 2.35. The molecule has 0 spiro atoms. The first-order valence-corrected chi connectivity index (χ1v) is 4.18. The number of thiol groups is 1. The highest BCUT2D eigenvalue weighted by atomic mass is 127. The van der Waals surface area contributed by atoms with Gasteiger partial charge in [0, 0.05) is 4.75 Å². The van der Waals surface area contributed by atoms with E-state index in [4.69, 9.17) is 0 Å². The average Bonchev–Trinajstić information content (AvgIpc) is 1.90. The fourth-order valence-corrected chi connectivity index (χ4v) is 2.11. The summed E-state index contributed by atoms with van der Waals surface area (Å²) in [6.45, 7) is 3.89.